The number of rotatable bonds is 2. The summed E-state index contributed by atoms with van der Waals surface area (Å²) in [4.78, 5) is 10.2. The van der Waals surface area contributed by atoms with Crippen LogP contribution >= 0.6 is 31.9 Å². The second kappa shape index (κ2) is 4.58. The maximum absolute atomic E-state index is 10.2. The Kier molecular flexibility index (Phi) is 3.69. The van der Waals surface area contributed by atoms with Gasteiger partial charge >= 0.3 is 5.97 Å². The van der Waals surface area contributed by atoms with Gasteiger partial charge < -0.3 is 5.11 Å². The monoisotopic (exact) mass is 304 g/mol. The molecule has 13 heavy (non-hydrogen) atoms. The van der Waals surface area contributed by atoms with Crippen molar-refractivity contribution in [1.82, 2.24) is 0 Å². The van der Waals surface area contributed by atoms with Gasteiger partial charge in [-0.1, -0.05) is 6.07 Å². The topological polar surface area (TPSA) is 37.3 Å². The summed E-state index contributed by atoms with van der Waals surface area (Å²) in [5.41, 5.74) is 0.845. The van der Waals surface area contributed by atoms with E-state index in [1.54, 1.807) is 6.08 Å². The Bertz CT molecular complexity index is 359. The molecular formula is C9H6Br2O2. The Morgan fingerprint density at radius 3 is 2.54 bits per heavy atom. The molecule has 0 spiro atoms. The molecule has 68 valence electrons. The molecule has 4 heteroatoms. The molecule has 0 aliphatic rings. The van der Waals surface area contributed by atoms with Crippen LogP contribution in [-0.4, -0.2) is 11.1 Å². The third-order valence-corrected chi connectivity index (χ3v) is 3.24. The highest BCUT2D eigenvalue weighted by molar-refractivity contribution is 9.13. The first-order valence-corrected chi connectivity index (χ1v) is 5.04. The van der Waals surface area contributed by atoms with E-state index in [4.69, 9.17) is 5.11 Å². The van der Waals surface area contributed by atoms with Crippen LogP contribution in [-0.2, 0) is 4.79 Å². The molecule has 0 bridgehead atoms. The van der Waals surface area contributed by atoms with E-state index in [2.05, 4.69) is 31.9 Å². The highest BCUT2D eigenvalue weighted by Crippen LogP contribution is 2.24. The summed E-state index contributed by atoms with van der Waals surface area (Å²) >= 11 is 6.65. The van der Waals surface area contributed by atoms with Gasteiger partial charge in [-0.15, -0.1) is 0 Å². The van der Waals surface area contributed by atoms with E-state index in [9.17, 15) is 4.79 Å². The molecule has 0 aliphatic heterocycles. The van der Waals surface area contributed by atoms with Gasteiger partial charge in [-0.2, -0.15) is 0 Å². The van der Waals surface area contributed by atoms with Crippen LogP contribution in [0.2, 0.25) is 0 Å². The molecule has 0 fully saturated rings. The predicted octanol–water partition coefficient (Wildman–Crippen LogP) is 3.31. The van der Waals surface area contributed by atoms with Crippen LogP contribution in [0.3, 0.4) is 0 Å². The van der Waals surface area contributed by atoms with E-state index in [1.165, 1.54) is 0 Å². The van der Waals surface area contributed by atoms with Gasteiger partial charge in [0.25, 0.3) is 0 Å². The number of carboxylic acids is 1. The fraction of sp³-hybridized carbons (Fsp3) is 0. The standard InChI is InChI=1S/C9H6Br2O2/c10-7-3-1-6(5-8(7)11)2-4-9(12)13/h1-5H,(H,12,13). The lowest BCUT2D eigenvalue weighted by molar-refractivity contribution is -0.131. The van der Waals surface area contributed by atoms with Gasteiger partial charge in [-0.05, 0) is 55.6 Å². The number of carbonyl (C=O) groups is 1. The highest BCUT2D eigenvalue weighted by Gasteiger charge is 1.96. The fourth-order valence-corrected chi connectivity index (χ4v) is 1.43. The SMILES string of the molecule is O=C(O)C=Cc1ccc(Br)c(Br)c1. The molecule has 1 rings (SSSR count). The maximum Gasteiger partial charge on any atom is 0.328 e. The zero-order valence-electron chi connectivity index (χ0n) is 6.50. The van der Waals surface area contributed by atoms with Crippen molar-refractivity contribution in [1.29, 1.82) is 0 Å². The Morgan fingerprint density at radius 2 is 2.00 bits per heavy atom. The van der Waals surface area contributed by atoms with Crippen molar-refractivity contribution in [2.75, 3.05) is 0 Å². The Labute approximate surface area is 92.5 Å². The molecule has 0 saturated carbocycles. The number of halogens is 2. The Morgan fingerprint density at radius 1 is 1.31 bits per heavy atom. The third-order valence-electron chi connectivity index (χ3n) is 1.36. The minimum absolute atomic E-state index is 0.845. The van der Waals surface area contributed by atoms with Crippen molar-refractivity contribution in [2.45, 2.75) is 0 Å². The zero-order chi connectivity index (χ0) is 9.84. The summed E-state index contributed by atoms with van der Waals surface area (Å²) in [5.74, 6) is -0.945. The van der Waals surface area contributed by atoms with Crippen LogP contribution in [0.5, 0.6) is 0 Å². The molecule has 1 aromatic rings. The summed E-state index contributed by atoms with van der Waals surface area (Å²) in [6.07, 6.45) is 2.65. The lowest BCUT2D eigenvalue weighted by Gasteiger charge is -1.96. The average Bonchev–Trinajstić information content (AvgIpc) is 2.07. The molecule has 0 atom stereocenters. The summed E-state index contributed by atoms with van der Waals surface area (Å²) in [5, 5.41) is 8.39. The van der Waals surface area contributed by atoms with Crippen LogP contribution in [0.1, 0.15) is 5.56 Å². The highest BCUT2D eigenvalue weighted by atomic mass is 79.9. The number of benzene rings is 1. The molecule has 0 heterocycles. The maximum atomic E-state index is 10.2. The van der Waals surface area contributed by atoms with Gasteiger partial charge in [0.2, 0.25) is 0 Å². The first kappa shape index (κ1) is 10.5. The molecule has 1 aromatic carbocycles. The van der Waals surface area contributed by atoms with E-state index >= 15 is 0 Å². The van der Waals surface area contributed by atoms with Crippen molar-refractivity contribution in [3.05, 3.63) is 38.8 Å². The minimum atomic E-state index is -0.945. The molecular weight excluding hydrogens is 300 g/mol. The minimum Gasteiger partial charge on any atom is -0.478 e. The summed E-state index contributed by atoms with van der Waals surface area (Å²) < 4.78 is 1.85. The molecule has 0 aromatic heterocycles. The quantitative estimate of drug-likeness (QED) is 0.851. The number of carboxylic acid groups (broad SMARTS) is 1. The predicted molar refractivity (Wildman–Crippen MR) is 58.5 cm³/mol. The normalized spacial score (nSPS) is 10.6. The average molecular weight is 306 g/mol. The Hall–Kier alpha value is -0.610. The van der Waals surface area contributed by atoms with Crippen LogP contribution < -0.4 is 0 Å². The first-order chi connectivity index (χ1) is 6.09. The number of hydrogen-bond acceptors (Lipinski definition) is 1. The van der Waals surface area contributed by atoms with E-state index in [1.807, 2.05) is 18.2 Å². The fourth-order valence-electron chi connectivity index (χ4n) is 0.784. The van der Waals surface area contributed by atoms with Gasteiger partial charge in [-0.3, -0.25) is 0 Å². The molecule has 0 saturated heterocycles. The lowest BCUT2D eigenvalue weighted by Crippen LogP contribution is -1.85. The summed E-state index contributed by atoms with van der Waals surface area (Å²) in [6, 6.07) is 5.52. The number of hydrogen-bond donors (Lipinski definition) is 1. The van der Waals surface area contributed by atoms with Gasteiger partial charge in [0, 0.05) is 15.0 Å². The second-order valence-electron chi connectivity index (χ2n) is 2.35. The molecule has 0 aliphatic carbocycles. The molecule has 2 nitrogen and oxygen atoms in total. The van der Waals surface area contributed by atoms with Gasteiger partial charge in [0.05, 0.1) is 0 Å². The van der Waals surface area contributed by atoms with Crippen molar-refractivity contribution in [3.63, 3.8) is 0 Å². The van der Waals surface area contributed by atoms with Crippen molar-refractivity contribution in [2.24, 2.45) is 0 Å². The smallest absolute Gasteiger partial charge is 0.328 e. The van der Waals surface area contributed by atoms with Gasteiger partial charge in [0.15, 0.2) is 0 Å². The lowest BCUT2D eigenvalue weighted by atomic mass is 10.2. The first-order valence-electron chi connectivity index (χ1n) is 3.45. The van der Waals surface area contributed by atoms with Crippen molar-refractivity contribution < 1.29 is 9.90 Å². The second-order valence-corrected chi connectivity index (χ2v) is 4.05. The van der Waals surface area contributed by atoms with Crippen LogP contribution in [0.15, 0.2) is 33.2 Å². The largest absolute Gasteiger partial charge is 0.478 e. The zero-order valence-corrected chi connectivity index (χ0v) is 9.67. The van der Waals surface area contributed by atoms with E-state index in [0.717, 1.165) is 20.6 Å². The molecule has 0 unspecified atom stereocenters. The van der Waals surface area contributed by atoms with Crippen molar-refractivity contribution in [3.8, 4) is 0 Å². The molecule has 1 N–H and O–H groups in total. The van der Waals surface area contributed by atoms with Crippen LogP contribution in [0.4, 0.5) is 0 Å². The summed E-state index contributed by atoms with van der Waals surface area (Å²) in [6.45, 7) is 0. The van der Waals surface area contributed by atoms with Gasteiger partial charge in [0.1, 0.15) is 0 Å². The number of aliphatic carboxylic acids is 1. The van der Waals surface area contributed by atoms with Gasteiger partial charge in [-0.25, -0.2) is 4.79 Å². The van der Waals surface area contributed by atoms with Crippen molar-refractivity contribution >= 4 is 43.9 Å². The van der Waals surface area contributed by atoms with E-state index in [-0.39, 0.29) is 0 Å². The molecule has 0 radical (unpaired) electrons. The van der Waals surface area contributed by atoms with Crippen LogP contribution in [0.25, 0.3) is 6.08 Å². The Balaban J connectivity index is 2.92. The molecule has 0 amide bonds. The summed E-state index contributed by atoms with van der Waals surface area (Å²) in [7, 11) is 0. The van der Waals surface area contributed by atoms with E-state index < -0.39 is 5.97 Å². The van der Waals surface area contributed by atoms with Crippen LogP contribution in [0, 0.1) is 0 Å². The van der Waals surface area contributed by atoms with E-state index in [0.29, 0.717) is 0 Å². The third kappa shape index (κ3) is 3.32.